The lowest BCUT2D eigenvalue weighted by Gasteiger charge is -2.19. The van der Waals surface area contributed by atoms with E-state index >= 15 is 0 Å². The van der Waals surface area contributed by atoms with Crippen molar-refractivity contribution in [2.75, 3.05) is 0 Å². The highest BCUT2D eigenvalue weighted by Crippen LogP contribution is 2.25. The number of hydrogen-bond acceptors (Lipinski definition) is 2. The van der Waals surface area contributed by atoms with E-state index in [1.807, 2.05) is 0 Å². The Balaban J connectivity index is 4.69. The van der Waals surface area contributed by atoms with Crippen molar-refractivity contribution in [3.8, 4) is 0 Å². The van der Waals surface area contributed by atoms with E-state index in [0.717, 1.165) is 0 Å². The normalized spacial score (nSPS) is 17.1. The van der Waals surface area contributed by atoms with Crippen LogP contribution >= 0.6 is 0 Å². The lowest BCUT2D eigenvalue weighted by Crippen LogP contribution is -2.39. The summed E-state index contributed by atoms with van der Waals surface area (Å²) in [7, 11) is -2.67. The summed E-state index contributed by atoms with van der Waals surface area (Å²) in [5.41, 5.74) is 0. The molecule has 3 nitrogen and oxygen atoms in total. The molecule has 13 heavy (non-hydrogen) atoms. The summed E-state index contributed by atoms with van der Waals surface area (Å²) in [5, 5.41) is 3.11. The van der Waals surface area contributed by atoms with E-state index in [4.69, 9.17) is 5.11 Å². The molecule has 6 heteroatoms. The number of rotatable bonds is 4. The van der Waals surface area contributed by atoms with Crippen LogP contribution in [0.3, 0.4) is 0 Å². The molecular formula is C7H12F2O3S. The number of alkyl halides is 2. The molecule has 0 fully saturated rings. The summed E-state index contributed by atoms with van der Waals surface area (Å²) >= 11 is 0. The van der Waals surface area contributed by atoms with Gasteiger partial charge in [-0.2, -0.15) is 8.78 Å². The topological polar surface area (TPSA) is 54.4 Å². The highest BCUT2D eigenvalue weighted by Gasteiger charge is 2.48. The SMILES string of the molecule is CC(C)C(C)S(=O)C(F)(F)C(=O)O. The molecule has 0 aliphatic heterocycles. The third-order valence-electron chi connectivity index (χ3n) is 1.78. The Morgan fingerprint density at radius 2 is 1.77 bits per heavy atom. The number of carboxylic acids is 1. The molecule has 0 aromatic carbocycles. The molecule has 78 valence electrons. The van der Waals surface area contributed by atoms with Crippen LogP contribution in [-0.4, -0.2) is 25.8 Å². The van der Waals surface area contributed by atoms with Crippen LogP contribution in [0.15, 0.2) is 0 Å². The third-order valence-corrected chi connectivity index (χ3v) is 3.68. The van der Waals surface area contributed by atoms with Crippen LogP contribution < -0.4 is 0 Å². The van der Waals surface area contributed by atoms with E-state index in [0.29, 0.717) is 0 Å². The molecule has 2 unspecified atom stereocenters. The molecule has 0 aliphatic carbocycles. The molecule has 0 radical (unpaired) electrons. The Hall–Kier alpha value is -0.520. The first kappa shape index (κ1) is 12.5. The minimum absolute atomic E-state index is 0.244. The smallest absolute Gasteiger partial charge is 0.415 e. The van der Waals surface area contributed by atoms with Crippen LogP contribution in [-0.2, 0) is 15.6 Å². The van der Waals surface area contributed by atoms with Gasteiger partial charge in [0, 0.05) is 5.25 Å². The maximum absolute atomic E-state index is 12.7. The fraction of sp³-hybridized carbons (Fsp3) is 0.857. The molecule has 0 saturated heterocycles. The maximum Gasteiger partial charge on any atom is 0.415 e. The quantitative estimate of drug-likeness (QED) is 0.770. The van der Waals surface area contributed by atoms with E-state index in [-0.39, 0.29) is 5.92 Å². The van der Waals surface area contributed by atoms with E-state index in [2.05, 4.69) is 0 Å². The summed E-state index contributed by atoms with van der Waals surface area (Å²) in [6, 6.07) is 0. The van der Waals surface area contributed by atoms with Crippen LogP contribution in [0.25, 0.3) is 0 Å². The number of halogens is 2. The van der Waals surface area contributed by atoms with Gasteiger partial charge >= 0.3 is 11.2 Å². The molecule has 0 spiro atoms. The number of carbonyl (C=O) groups is 1. The lowest BCUT2D eigenvalue weighted by atomic mass is 10.2. The standard InChI is InChI=1S/C7H12F2O3S/c1-4(2)5(3)13(12)7(8,9)6(10)11/h4-5H,1-3H3,(H,10,11). The second kappa shape index (κ2) is 4.13. The number of carboxylic acid groups (broad SMARTS) is 1. The van der Waals surface area contributed by atoms with Crippen molar-refractivity contribution >= 4 is 16.8 Å². The predicted molar refractivity (Wildman–Crippen MR) is 45.0 cm³/mol. The fourth-order valence-electron chi connectivity index (χ4n) is 0.567. The summed E-state index contributed by atoms with van der Waals surface area (Å²) in [6.07, 6.45) is 0. The Bertz CT molecular complexity index is 228. The van der Waals surface area contributed by atoms with Crippen molar-refractivity contribution in [2.24, 2.45) is 5.92 Å². The number of aliphatic carboxylic acids is 1. The Morgan fingerprint density at radius 3 is 2.00 bits per heavy atom. The first-order chi connectivity index (χ1) is 5.71. The monoisotopic (exact) mass is 214 g/mol. The van der Waals surface area contributed by atoms with Crippen molar-refractivity contribution in [1.82, 2.24) is 0 Å². The molecule has 0 aliphatic rings. The van der Waals surface area contributed by atoms with Crippen LogP contribution in [0.4, 0.5) is 8.78 Å². The minimum atomic E-state index is -4.15. The van der Waals surface area contributed by atoms with Gasteiger partial charge in [0.15, 0.2) is 0 Å². The molecule has 0 heterocycles. The van der Waals surface area contributed by atoms with Crippen LogP contribution in [0.5, 0.6) is 0 Å². The van der Waals surface area contributed by atoms with E-state index in [9.17, 15) is 17.8 Å². The molecule has 0 aromatic heterocycles. The van der Waals surface area contributed by atoms with Crippen molar-refractivity contribution in [3.63, 3.8) is 0 Å². The fourth-order valence-corrected chi connectivity index (χ4v) is 1.70. The van der Waals surface area contributed by atoms with Crippen LogP contribution in [0.1, 0.15) is 20.8 Å². The predicted octanol–water partition coefficient (Wildman–Crippen LogP) is 1.46. The molecule has 1 N–H and O–H groups in total. The zero-order valence-electron chi connectivity index (χ0n) is 7.58. The second-order valence-corrected chi connectivity index (χ2v) is 4.92. The summed E-state index contributed by atoms with van der Waals surface area (Å²) < 4.78 is 36.3. The Labute approximate surface area is 77.6 Å². The van der Waals surface area contributed by atoms with Crippen LogP contribution in [0, 0.1) is 5.92 Å². The highest BCUT2D eigenvalue weighted by atomic mass is 32.2. The van der Waals surface area contributed by atoms with E-state index < -0.39 is 27.3 Å². The molecule has 0 aromatic rings. The minimum Gasteiger partial charge on any atom is -0.476 e. The van der Waals surface area contributed by atoms with Gasteiger partial charge in [-0.3, -0.25) is 4.21 Å². The Morgan fingerprint density at radius 1 is 1.38 bits per heavy atom. The van der Waals surface area contributed by atoms with E-state index in [1.54, 1.807) is 13.8 Å². The van der Waals surface area contributed by atoms with Gasteiger partial charge in [-0.25, -0.2) is 4.79 Å². The van der Waals surface area contributed by atoms with Gasteiger partial charge in [-0.05, 0) is 5.92 Å². The first-order valence-corrected chi connectivity index (χ1v) is 4.94. The first-order valence-electron chi connectivity index (χ1n) is 3.73. The van der Waals surface area contributed by atoms with Gasteiger partial charge < -0.3 is 5.11 Å². The van der Waals surface area contributed by atoms with Crippen molar-refractivity contribution < 1.29 is 22.9 Å². The molecular weight excluding hydrogens is 202 g/mol. The highest BCUT2D eigenvalue weighted by molar-refractivity contribution is 7.87. The van der Waals surface area contributed by atoms with Gasteiger partial charge in [0.2, 0.25) is 0 Å². The van der Waals surface area contributed by atoms with Gasteiger partial charge in [0.1, 0.15) is 10.8 Å². The van der Waals surface area contributed by atoms with Gasteiger partial charge in [0.05, 0.1) is 0 Å². The number of hydrogen-bond donors (Lipinski definition) is 1. The zero-order chi connectivity index (χ0) is 10.8. The zero-order valence-corrected chi connectivity index (χ0v) is 8.40. The van der Waals surface area contributed by atoms with Gasteiger partial charge in [-0.15, -0.1) is 0 Å². The molecule has 0 rings (SSSR count). The molecule has 2 atom stereocenters. The van der Waals surface area contributed by atoms with Crippen LogP contribution in [0.2, 0.25) is 0 Å². The van der Waals surface area contributed by atoms with Gasteiger partial charge in [-0.1, -0.05) is 20.8 Å². The molecule has 0 saturated carbocycles. The molecule has 0 bridgehead atoms. The molecule has 0 amide bonds. The lowest BCUT2D eigenvalue weighted by molar-refractivity contribution is -0.153. The van der Waals surface area contributed by atoms with Crippen molar-refractivity contribution in [3.05, 3.63) is 0 Å². The third kappa shape index (κ3) is 2.72. The van der Waals surface area contributed by atoms with Crippen molar-refractivity contribution in [1.29, 1.82) is 0 Å². The maximum atomic E-state index is 12.7. The van der Waals surface area contributed by atoms with Gasteiger partial charge in [0.25, 0.3) is 0 Å². The summed E-state index contributed by atoms with van der Waals surface area (Å²) in [6.45, 7) is 4.57. The summed E-state index contributed by atoms with van der Waals surface area (Å²) in [5.74, 6) is -2.58. The average Bonchev–Trinajstić information content (AvgIpc) is 2.01. The summed E-state index contributed by atoms with van der Waals surface area (Å²) in [4.78, 5) is 10.0. The largest absolute Gasteiger partial charge is 0.476 e. The average molecular weight is 214 g/mol. The van der Waals surface area contributed by atoms with Crippen molar-refractivity contribution in [2.45, 2.75) is 31.3 Å². The Kier molecular flexibility index (Phi) is 3.96. The van der Waals surface area contributed by atoms with E-state index in [1.165, 1.54) is 6.92 Å². The second-order valence-electron chi connectivity index (χ2n) is 3.07.